The Balaban J connectivity index is 2.13. The number of benzene rings is 2. The summed E-state index contributed by atoms with van der Waals surface area (Å²) in [5, 5.41) is 11.1. The first kappa shape index (κ1) is 21.5. The molecule has 9 nitrogen and oxygen atoms in total. The van der Waals surface area contributed by atoms with Crippen LogP contribution in [0.15, 0.2) is 48.5 Å². The number of nitrogens with zero attached hydrogens (tertiary/aromatic N) is 2. The number of nitro groups is 1. The Kier molecular flexibility index (Phi) is 7.02. The van der Waals surface area contributed by atoms with Crippen LogP contribution in [0.25, 0.3) is 0 Å². The summed E-state index contributed by atoms with van der Waals surface area (Å²) in [7, 11) is 2.69. The number of likely N-dealkylation sites (N-methyl/N-ethyl adjacent to an activating group) is 1. The monoisotopic (exact) mass is 400 g/mol. The summed E-state index contributed by atoms with van der Waals surface area (Å²) < 4.78 is 9.69. The van der Waals surface area contributed by atoms with Crippen molar-refractivity contribution in [2.24, 2.45) is 0 Å². The van der Waals surface area contributed by atoms with Crippen LogP contribution in [0.4, 0.5) is 5.69 Å². The van der Waals surface area contributed by atoms with Gasteiger partial charge in [-0.25, -0.2) is 9.59 Å². The molecule has 9 heteroatoms. The molecule has 0 fully saturated rings. The molecular formula is C20H20N2O7. The van der Waals surface area contributed by atoms with E-state index >= 15 is 0 Å². The third-order valence-electron chi connectivity index (χ3n) is 4.06. The maximum absolute atomic E-state index is 12.5. The molecule has 1 unspecified atom stereocenters. The van der Waals surface area contributed by atoms with Gasteiger partial charge in [0.25, 0.3) is 11.6 Å². The Morgan fingerprint density at radius 2 is 1.66 bits per heavy atom. The second kappa shape index (κ2) is 9.45. The van der Waals surface area contributed by atoms with E-state index in [0.717, 1.165) is 30.9 Å². The third-order valence-corrected chi connectivity index (χ3v) is 4.06. The average Bonchev–Trinajstić information content (AvgIpc) is 2.72. The molecular weight excluding hydrogens is 380 g/mol. The maximum atomic E-state index is 12.5. The highest BCUT2D eigenvalue weighted by Crippen LogP contribution is 2.19. The third kappa shape index (κ3) is 5.61. The lowest BCUT2D eigenvalue weighted by Gasteiger charge is -2.21. The van der Waals surface area contributed by atoms with E-state index in [1.54, 1.807) is 7.05 Å². The number of carbonyl (C=O) groups is 3. The molecule has 0 bridgehead atoms. The quantitative estimate of drug-likeness (QED) is 0.398. The van der Waals surface area contributed by atoms with Gasteiger partial charge in [-0.05, 0) is 18.6 Å². The van der Waals surface area contributed by atoms with Crippen LogP contribution >= 0.6 is 0 Å². The average molecular weight is 400 g/mol. The molecule has 152 valence electrons. The Hall–Kier alpha value is -3.75. The van der Waals surface area contributed by atoms with Crippen molar-refractivity contribution in [1.29, 1.82) is 0 Å². The van der Waals surface area contributed by atoms with E-state index in [0.29, 0.717) is 6.54 Å². The van der Waals surface area contributed by atoms with Crippen LogP contribution in [-0.2, 0) is 20.8 Å². The summed E-state index contributed by atoms with van der Waals surface area (Å²) in [6.45, 7) is 1.73. The van der Waals surface area contributed by atoms with Crippen LogP contribution in [0.1, 0.15) is 33.2 Å². The topological polar surface area (TPSA) is 116 Å². The van der Waals surface area contributed by atoms with Crippen molar-refractivity contribution in [3.63, 3.8) is 0 Å². The van der Waals surface area contributed by atoms with E-state index in [4.69, 9.17) is 4.74 Å². The van der Waals surface area contributed by atoms with Crippen LogP contribution in [0.5, 0.6) is 0 Å². The SMILES string of the molecule is COC(=O)c1cc(C(=O)OC(C)C(=O)N(C)Cc2ccccc2)cc([N+](=O)[O-])c1. The normalized spacial score (nSPS) is 11.3. The Morgan fingerprint density at radius 1 is 1.07 bits per heavy atom. The van der Waals surface area contributed by atoms with Crippen molar-refractivity contribution in [1.82, 2.24) is 4.90 Å². The van der Waals surface area contributed by atoms with Gasteiger partial charge in [-0.2, -0.15) is 0 Å². The number of esters is 2. The van der Waals surface area contributed by atoms with E-state index in [1.807, 2.05) is 30.3 Å². The highest BCUT2D eigenvalue weighted by atomic mass is 16.6. The van der Waals surface area contributed by atoms with E-state index in [1.165, 1.54) is 11.8 Å². The van der Waals surface area contributed by atoms with Crippen LogP contribution < -0.4 is 0 Å². The highest BCUT2D eigenvalue weighted by Gasteiger charge is 2.25. The summed E-state index contributed by atoms with van der Waals surface area (Å²) in [6.07, 6.45) is -1.13. The Morgan fingerprint density at radius 3 is 2.21 bits per heavy atom. The van der Waals surface area contributed by atoms with Gasteiger partial charge in [0.1, 0.15) is 0 Å². The molecule has 29 heavy (non-hydrogen) atoms. The van der Waals surface area contributed by atoms with Gasteiger partial charge < -0.3 is 14.4 Å². The molecule has 2 rings (SSSR count). The molecule has 0 N–H and O–H groups in total. The zero-order valence-electron chi connectivity index (χ0n) is 16.2. The Bertz CT molecular complexity index is 928. The predicted molar refractivity (Wildman–Crippen MR) is 102 cm³/mol. The molecule has 0 aliphatic rings. The lowest BCUT2D eigenvalue weighted by molar-refractivity contribution is -0.384. The van der Waals surface area contributed by atoms with Crippen molar-refractivity contribution in [3.05, 3.63) is 75.3 Å². The summed E-state index contributed by atoms with van der Waals surface area (Å²) in [5.74, 6) is -2.25. The van der Waals surface area contributed by atoms with Crippen molar-refractivity contribution in [3.8, 4) is 0 Å². The van der Waals surface area contributed by atoms with Crippen LogP contribution in [-0.4, -0.2) is 47.9 Å². The van der Waals surface area contributed by atoms with Gasteiger partial charge >= 0.3 is 11.9 Å². The van der Waals surface area contributed by atoms with Gasteiger partial charge in [0.05, 0.1) is 23.2 Å². The van der Waals surface area contributed by atoms with E-state index in [-0.39, 0.29) is 11.1 Å². The highest BCUT2D eigenvalue weighted by molar-refractivity contribution is 5.97. The minimum Gasteiger partial charge on any atom is -0.465 e. The molecule has 1 amide bonds. The number of carbonyl (C=O) groups excluding carboxylic acids is 3. The fourth-order valence-corrected chi connectivity index (χ4v) is 2.59. The van der Waals surface area contributed by atoms with Gasteiger partial charge in [-0.1, -0.05) is 30.3 Å². The molecule has 0 spiro atoms. The Labute approximate surface area is 167 Å². The molecule has 0 saturated carbocycles. The fourth-order valence-electron chi connectivity index (χ4n) is 2.59. The van der Waals surface area contributed by atoms with Crippen molar-refractivity contribution >= 4 is 23.5 Å². The first-order valence-corrected chi connectivity index (χ1v) is 8.60. The molecule has 0 aromatic heterocycles. The van der Waals surface area contributed by atoms with Crippen LogP contribution in [0.2, 0.25) is 0 Å². The largest absolute Gasteiger partial charge is 0.465 e. The van der Waals surface area contributed by atoms with E-state index in [9.17, 15) is 24.5 Å². The molecule has 0 aliphatic heterocycles. The van der Waals surface area contributed by atoms with Gasteiger partial charge in [0.15, 0.2) is 6.10 Å². The molecule has 0 aliphatic carbocycles. The molecule has 0 saturated heterocycles. The van der Waals surface area contributed by atoms with Crippen molar-refractivity contribution in [2.45, 2.75) is 19.6 Å². The molecule has 1 atom stereocenters. The first-order valence-electron chi connectivity index (χ1n) is 8.60. The van der Waals surface area contributed by atoms with Crippen molar-refractivity contribution < 1.29 is 28.8 Å². The second-order valence-corrected chi connectivity index (χ2v) is 6.24. The van der Waals surface area contributed by atoms with Gasteiger partial charge in [0.2, 0.25) is 0 Å². The minimum absolute atomic E-state index is 0.172. The summed E-state index contributed by atoms with van der Waals surface area (Å²) >= 11 is 0. The number of hydrogen-bond donors (Lipinski definition) is 0. The second-order valence-electron chi connectivity index (χ2n) is 6.24. The number of hydrogen-bond acceptors (Lipinski definition) is 7. The molecule has 0 radical (unpaired) electrons. The summed E-state index contributed by atoms with van der Waals surface area (Å²) in [5.41, 5.74) is 0.0297. The minimum atomic E-state index is -1.13. The lowest BCUT2D eigenvalue weighted by atomic mass is 10.1. The van der Waals surface area contributed by atoms with E-state index in [2.05, 4.69) is 4.74 Å². The number of nitro benzene ring substituents is 1. The zero-order chi connectivity index (χ0) is 21.6. The van der Waals surface area contributed by atoms with Crippen LogP contribution in [0.3, 0.4) is 0 Å². The van der Waals surface area contributed by atoms with Gasteiger partial charge in [-0.3, -0.25) is 14.9 Å². The van der Waals surface area contributed by atoms with Crippen molar-refractivity contribution in [2.75, 3.05) is 14.2 Å². The van der Waals surface area contributed by atoms with E-state index < -0.39 is 34.6 Å². The zero-order valence-corrected chi connectivity index (χ0v) is 16.2. The fraction of sp³-hybridized carbons (Fsp3) is 0.250. The predicted octanol–water partition coefficient (Wildman–Crippen LogP) is 2.59. The van der Waals surface area contributed by atoms with Crippen LogP contribution in [0, 0.1) is 10.1 Å². The summed E-state index contributed by atoms with van der Waals surface area (Å²) in [4.78, 5) is 48.3. The smallest absolute Gasteiger partial charge is 0.339 e. The lowest BCUT2D eigenvalue weighted by Crippen LogP contribution is -2.37. The maximum Gasteiger partial charge on any atom is 0.339 e. The van der Waals surface area contributed by atoms with Gasteiger partial charge in [-0.15, -0.1) is 0 Å². The number of non-ortho nitro benzene ring substituents is 1. The summed E-state index contributed by atoms with van der Waals surface area (Å²) in [6, 6.07) is 12.3. The first-order chi connectivity index (χ1) is 13.7. The number of ether oxygens (including phenoxy) is 2. The number of rotatable bonds is 7. The van der Waals surface area contributed by atoms with Gasteiger partial charge in [0, 0.05) is 25.7 Å². The standard InChI is InChI=1S/C20H20N2O7/c1-13(18(23)21(2)12-14-7-5-4-6-8-14)29-20(25)16-9-15(19(24)28-3)10-17(11-16)22(26)27/h4-11,13H,12H2,1-3H3. The molecule has 0 heterocycles. The molecule has 2 aromatic carbocycles. The number of methoxy groups -OCH3 is 1. The number of amides is 1. The molecule has 2 aromatic rings.